The van der Waals surface area contributed by atoms with E-state index in [0.717, 1.165) is 19.1 Å². The van der Waals surface area contributed by atoms with E-state index in [9.17, 15) is 29.3 Å². The summed E-state index contributed by atoms with van der Waals surface area (Å²) in [6.45, 7) is 5.84. The highest BCUT2D eigenvalue weighted by atomic mass is 16.6. The molecule has 0 spiro atoms. The monoisotopic (exact) mass is 504 g/mol. The topological polar surface area (TPSA) is 152 Å². The van der Waals surface area contributed by atoms with Gasteiger partial charge in [0, 0.05) is 23.0 Å². The molecule has 0 aliphatic carbocycles. The quantitative estimate of drug-likeness (QED) is 0.160. The summed E-state index contributed by atoms with van der Waals surface area (Å²) in [5.41, 5.74) is -0.646. The zero-order valence-electron chi connectivity index (χ0n) is 20.9. The van der Waals surface area contributed by atoms with Gasteiger partial charge in [-0.2, -0.15) is 0 Å². The molecule has 0 saturated heterocycles. The van der Waals surface area contributed by atoms with Gasteiger partial charge in [0.05, 0.1) is 49.4 Å². The Morgan fingerprint density at radius 3 is 1.75 bits per heavy atom. The Kier molecular flexibility index (Phi) is 9.31. The lowest BCUT2D eigenvalue weighted by Gasteiger charge is -2.39. The number of carbonyl (C=O) groups excluding carboxylic acids is 4. The average molecular weight is 504 g/mol. The lowest BCUT2D eigenvalue weighted by atomic mass is 9.78. The van der Waals surface area contributed by atoms with E-state index in [-0.39, 0.29) is 47.0 Å². The molecular formula is C24H28N2O10. The molecule has 12 nitrogen and oxygen atoms in total. The highest BCUT2D eigenvalue weighted by molar-refractivity contribution is 6.03. The number of hydrogen-bond donors (Lipinski definition) is 0. The molecule has 1 aliphatic rings. The smallest absolute Gasteiger partial charge is 0.340 e. The number of benzene rings is 1. The Hall–Kier alpha value is -4.22. The van der Waals surface area contributed by atoms with Gasteiger partial charge in [-0.15, -0.1) is 0 Å². The van der Waals surface area contributed by atoms with Gasteiger partial charge in [0.2, 0.25) is 6.04 Å². The van der Waals surface area contributed by atoms with Crippen LogP contribution in [0.2, 0.25) is 0 Å². The van der Waals surface area contributed by atoms with Gasteiger partial charge in [0.1, 0.15) is 0 Å². The van der Waals surface area contributed by atoms with E-state index in [2.05, 4.69) is 0 Å². The van der Waals surface area contributed by atoms with Crippen LogP contribution in [0.4, 0.5) is 5.69 Å². The first-order valence-corrected chi connectivity index (χ1v) is 11.0. The highest BCUT2D eigenvalue weighted by Crippen LogP contribution is 2.46. The molecule has 0 unspecified atom stereocenters. The molecule has 1 aromatic rings. The van der Waals surface area contributed by atoms with Crippen molar-refractivity contribution in [3.05, 3.63) is 62.5 Å². The van der Waals surface area contributed by atoms with Crippen LogP contribution in [0.1, 0.15) is 39.2 Å². The summed E-state index contributed by atoms with van der Waals surface area (Å²) in [7, 11) is 2.20. The van der Waals surface area contributed by atoms with E-state index < -0.39 is 40.8 Å². The maximum atomic E-state index is 13.1. The first-order valence-electron chi connectivity index (χ1n) is 11.0. The van der Waals surface area contributed by atoms with Crippen molar-refractivity contribution in [1.29, 1.82) is 0 Å². The molecule has 0 amide bonds. The van der Waals surface area contributed by atoms with Gasteiger partial charge in [-0.25, -0.2) is 19.2 Å². The van der Waals surface area contributed by atoms with Gasteiger partial charge >= 0.3 is 23.9 Å². The molecule has 1 heterocycles. The van der Waals surface area contributed by atoms with Gasteiger partial charge < -0.3 is 23.8 Å². The van der Waals surface area contributed by atoms with Crippen molar-refractivity contribution >= 4 is 29.6 Å². The first-order chi connectivity index (χ1) is 17.1. The molecule has 0 N–H and O–H groups in total. The van der Waals surface area contributed by atoms with E-state index in [1.54, 1.807) is 13.8 Å². The average Bonchev–Trinajstić information content (AvgIpc) is 2.85. The van der Waals surface area contributed by atoms with Crippen molar-refractivity contribution in [3.8, 4) is 0 Å². The Labute approximate surface area is 207 Å². The van der Waals surface area contributed by atoms with Crippen LogP contribution in [-0.4, -0.2) is 67.2 Å². The number of nitrogens with zero attached hydrogens (tertiary/aromatic N) is 2. The molecule has 1 aliphatic heterocycles. The van der Waals surface area contributed by atoms with Crippen molar-refractivity contribution in [2.24, 2.45) is 0 Å². The third-order valence-corrected chi connectivity index (χ3v) is 5.61. The van der Waals surface area contributed by atoms with Crippen LogP contribution < -0.4 is 0 Å². The molecule has 2 rings (SSSR count). The number of rotatable bonds is 9. The van der Waals surface area contributed by atoms with Crippen molar-refractivity contribution < 1.29 is 43.0 Å². The number of ether oxygens (including phenoxy) is 4. The molecule has 0 bridgehead atoms. The first kappa shape index (κ1) is 28.0. The molecular weight excluding hydrogens is 476 g/mol. The van der Waals surface area contributed by atoms with Crippen LogP contribution in [0.5, 0.6) is 0 Å². The maximum Gasteiger partial charge on any atom is 0.340 e. The van der Waals surface area contributed by atoms with E-state index in [4.69, 9.17) is 18.9 Å². The summed E-state index contributed by atoms with van der Waals surface area (Å²) >= 11 is 0. The summed E-state index contributed by atoms with van der Waals surface area (Å²) in [6.07, 6.45) is 0. The Morgan fingerprint density at radius 1 is 0.917 bits per heavy atom. The predicted octanol–water partition coefficient (Wildman–Crippen LogP) is 2.38. The molecule has 36 heavy (non-hydrogen) atoms. The largest absolute Gasteiger partial charge is 0.466 e. The van der Waals surface area contributed by atoms with Gasteiger partial charge in [0.15, 0.2) is 0 Å². The number of hydrogen-bond acceptors (Lipinski definition) is 11. The van der Waals surface area contributed by atoms with Crippen LogP contribution >= 0.6 is 0 Å². The van der Waals surface area contributed by atoms with Gasteiger partial charge in [-0.3, -0.25) is 10.1 Å². The fourth-order valence-corrected chi connectivity index (χ4v) is 4.17. The second-order valence-corrected chi connectivity index (χ2v) is 7.51. The second-order valence-electron chi connectivity index (χ2n) is 7.51. The molecule has 0 saturated carbocycles. The number of para-hydroxylation sites is 1. The number of carbonyl (C=O) groups is 4. The molecule has 194 valence electrons. The van der Waals surface area contributed by atoms with Crippen molar-refractivity contribution in [3.63, 3.8) is 0 Å². The fraction of sp³-hybridized carbons (Fsp3) is 0.417. The van der Waals surface area contributed by atoms with E-state index >= 15 is 0 Å². The number of esters is 4. The van der Waals surface area contributed by atoms with E-state index in [1.807, 2.05) is 0 Å². The van der Waals surface area contributed by atoms with Crippen LogP contribution in [0.25, 0.3) is 0 Å². The number of allylic oxidation sites excluding steroid dienone is 2. The summed E-state index contributed by atoms with van der Waals surface area (Å²) in [5.74, 6) is -5.12. The minimum absolute atomic E-state index is 0.0190. The Morgan fingerprint density at radius 2 is 1.36 bits per heavy atom. The normalized spacial score (nSPS) is 14.0. The zero-order valence-corrected chi connectivity index (χ0v) is 20.9. The Bertz CT molecular complexity index is 1080. The van der Waals surface area contributed by atoms with Crippen LogP contribution in [0.15, 0.2) is 46.8 Å². The maximum absolute atomic E-state index is 13.1. The van der Waals surface area contributed by atoms with E-state index in [0.29, 0.717) is 0 Å². The van der Waals surface area contributed by atoms with Gasteiger partial charge in [0.25, 0.3) is 5.69 Å². The molecule has 0 radical (unpaired) electrons. The van der Waals surface area contributed by atoms with Gasteiger partial charge in [-0.05, 0) is 27.7 Å². The molecule has 0 fully saturated rings. The Balaban J connectivity index is 2.99. The lowest BCUT2D eigenvalue weighted by molar-refractivity contribution is -0.385. The highest BCUT2D eigenvalue weighted by Gasteiger charge is 2.47. The number of nitro benzene ring substituents is 1. The standard InChI is InChI=1S/C24H28N2O10/c1-7-35-23(29)20(24(30)36-8-2)25-13(3)17(21(27)33-5)19(18(14(25)4)22(28)34-6)15-11-9-10-12-16(15)26(31)32/h9-12,19-20H,7-8H2,1-6H3. The SMILES string of the molecule is CCOC(=O)C(C(=O)OCC)N1C(C)=C(C(=O)OC)C(c2ccccc2[N+](=O)[O-])C(C(=O)OC)=C1C. The minimum Gasteiger partial charge on any atom is -0.466 e. The predicted molar refractivity (Wildman–Crippen MR) is 124 cm³/mol. The third kappa shape index (κ3) is 5.21. The summed E-state index contributed by atoms with van der Waals surface area (Å²) in [5, 5.41) is 11.8. The van der Waals surface area contributed by atoms with Gasteiger partial charge in [-0.1, -0.05) is 18.2 Å². The number of methoxy groups -OCH3 is 2. The summed E-state index contributed by atoms with van der Waals surface area (Å²) < 4.78 is 20.1. The third-order valence-electron chi connectivity index (χ3n) is 5.61. The lowest BCUT2D eigenvalue weighted by Crippen LogP contribution is -2.50. The van der Waals surface area contributed by atoms with Crippen molar-refractivity contribution in [2.45, 2.75) is 39.7 Å². The van der Waals surface area contributed by atoms with E-state index in [1.165, 1.54) is 38.1 Å². The van der Waals surface area contributed by atoms with Crippen molar-refractivity contribution in [2.75, 3.05) is 27.4 Å². The molecule has 0 aromatic heterocycles. The van der Waals surface area contributed by atoms with Crippen LogP contribution in [0.3, 0.4) is 0 Å². The van der Waals surface area contributed by atoms with Crippen LogP contribution in [-0.2, 0) is 38.1 Å². The van der Waals surface area contributed by atoms with Crippen LogP contribution in [0, 0.1) is 10.1 Å². The number of nitro groups is 1. The molecule has 1 aromatic carbocycles. The summed E-state index contributed by atoms with van der Waals surface area (Å²) in [4.78, 5) is 64.3. The van der Waals surface area contributed by atoms with Crippen molar-refractivity contribution in [1.82, 2.24) is 4.90 Å². The fourth-order valence-electron chi connectivity index (χ4n) is 4.17. The minimum atomic E-state index is -1.71. The molecule has 0 atom stereocenters. The molecule has 12 heteroatoms. The zero-order chi connectivity index (χ0) is 27.2. The summed E-state index contributed by atoms with van der Waals surface area (Å²) in [6, 6.07) is 3.88. The second kappa shape index (κ2) is 12.0.